The Morgan fingerprint density at radius 3 is 2.82 bits per heavy atom. The van der Waals surface area contributed by atoms with Crippen LogP contribution in [-0.4, -0.2) is 22.9 Å². The molecular formula is C8H13N3. The van der Waals surface area contributed by atoms with Gasteiger partial charge >= 0.3 is 0 Å². The second kappa shape index (κ2) is 3.05. The van der Waals surface area contributed by atoms with Gasteiger partial charge in [-0.25, -0.2) is 0 Å². The summed E-state index contributed by atoms with van der Waals surface area (Å²) in [5.41, 5.74) is 0. The van der Waals surface area contributed by atoms with Gasteiger partial charge in [-0.3, -0.25) is 4.68 Å². The maximum atomic E-state index is 4.23. The molecule has 1 saturated heterocycles. The molecule has 11 heavy (non-hydrogen) atoms. The monoisotopic (exact) mass is 151 g/mol. The van der Waals surface area contributed by atoms with Gasteiger partial charge in [0.05, 0.1) is 6.04 Å². The average molecular weight is 151 g/mol. The topological polar surface area (TPSA) is 29.9 Å². The largest absolute Gasteiger partial charge is 0.317 e. The van der Waals surface area contributed by atoms with Crippen molar-refractivity contribution in [1.29, 1.82) is 0 Å². The van der Waals surface area contributed by atoms with Crippen molar-refractivity contribution in [2.24, 2.45) is 0 Å². The molecule has 1 aliphatic heterocycles. The van der Waals surface area contributed by atoms with Crippen LogP contribution < -0.4 is 5.32 Å². The lowest BCUT2D eigenvalue weighted by molar-refractivity contribution is 0.343. The molecule has 1 fully saturated rings. The predicted molar refractivity (Wildman–Crippen MR) is 43.4 cm³/mol. The van der Waals surface area contributed by atoms with E-state index in [2.05, 4.69) is 21.3 Å². The lowest BCUT2D eigenvalue weighted by Gasteiger charge is -2.22. The number of aromatic nitrogens is 2. The average Bonchev–Trinajstić information content (AvgIpc) is 2.58. The van der Waals surface area contributed by atoms with Crippen LogP contribution >= 0.6 is 0 Å². The fourth-order valence-electron chi connectivity index (χ4n) is 1.57. The summed E-state index contributed by atoms with van der Waals surface area (Å²) in [5, 5.41) is 7.56. The Kier molecular flexibility index (Phi) is 1.90. The van der Waals surface area contributed by atoms with Crippen molar-refractivity contribution < 1.29 is 0 Å². The fraction of sp³-hybridized carbons (Fsp3) is 0.625. The van der Waals surface area contributed by atoms with Crippen LogP contribution in [0.5, 0.6) is 0 Å². The van der Waals surface area contributed by atoms with Gasteiger partial charge in [0.25, 0.3) is 0 Å². The van der Waals surface area contributed by atoms with E-state index in [-0.39, 0.29) is 0 Å². The van der Waals surface area contributed by atoms with Crippen LogP contribution in [-0.2, 0) is 0 Å². The zero-order chi connectivity index (χ0) is 7.52. The van der Waals surface area contributed by atoms with Gasteiger partial charge in [-0.15, -0.1) is 0 Å². The van der Waals surface area contributed by atoms with Crippen LogP contribution in [0.1, 0.15) is 18.9 Å². The second-order valence-corrected chi connectivity index (χ2v) is 2.97. The normalized spacial score (nSPS) is 20.4. The van der Waals surface area contributed by atoms with E-state index in [9.17, 15) is 0 Å². The summed E-state index contributed by atoms with van der Waals surface area (Å²) in [5.74, 6) is 0. The van der Waals surface area contributed by atoms with Gasteiger partial charge in [0.1, 0.15) is 0 Å². The highest BCUT2D eigenvalue weighted by Crippen LogP contribution is 2.16. The fourth-order valence-corrected chi connectivity index (χ4v) is 1.57. The van der Waals surface area contributed by atoms with E-state index in [1.807, 2.05) is 12.3 Å². The minimum absolute atomic E-state index is 0.631. The van der Waals surface area contributed by atoms with Crippen LogP contribution in [0.4, 0.5) is 0 Å². The molecule has 0 aromatic carbocycles. The zero-order valence-electron chi connectivity index (χ0n) is 6.53. The summed E-state index contributed by atoms with van der Waals surface area (Å²) in [7, 11) is 0. The maximum Gasteiger partial charge on any atom is 0.0543 e. The molecule has 0 amide bonds. The number of rotatable bonds is 1. The Morgan fingerprint density at radius 1 is 1.36 bits per heavy atom. The highest BCUT2D eigenvalue weighted by Gasteiger charge is 2.13. The SMILES string of the molecule is c1cnn(C2CCNCC2)c1. The van der Waals surface area contributed by atoms with Crippen molar-refractivity contribution in [2.75, 3.05) is 13.1 Å². The Hall–Kier alpha value is -0.830. The van der Waals surface area contributed by atoms with Gasteiger partial charge < -0.3 is 5.32 Å². The van der Waals surface area contributed by atoms with Gasteiger partial charge in [0, 0.05) is 12.4 Å². The minimum Gasteiger partial charge on any atom is -0.317 e. The standard InChI is InChI=1S/C8H13N3/c1-4-10-11(7-1)8-2-5-9-6-3-8/h1,4,7-9H,2-3,5-6H2. The quantitative estimate of drug-likeness (QED) is 0.643. The van der Waals surface area contributed by atoms with Crippen molar-refractivity contribution in [2.45, 2.75) is 18.9 Å². The van der Waals surface area contributed by atoms with E-state index in [1.54, 1.807) is 0 Å². The van der Waals surface area contributed by atoms with Gasteiger partial charge in [-0.2, -0.15) is 5.10 Å². The van der Waals surface area contributed by atoms with Crippen molar-refractivity contribution in [3.05, 3.63) is 18.5 Å². The summed E-state index contributed by atoms with van der Waals surface area (Å²) < 4.78 is 2.07. The third-order valence-electron chi connectivity index (χ3n) is 2.21. The van der Waals surface area contributed by atoms with Gasteiger partial charge in [-0.1, -0.05) is 0 Å². The molecule has 60 valence electrons. The summed E-state index contributed by atoms with van der Waals surface area (Å²) in [4.78, 5) is 0. The van der Waals surface area contributed by atoms with E-state index in [0.717, 1.165) is 13.1 Å². The third kappa shape index (κ3) is 1.43. The lowest BCUT2D eigenvalue weighted by atomic mass is 10.1. The summed E-state index contributed by atoms with van der Waals surface area (Å²) in [6.45, 7) is 2.26. The molecule has 2 rings (SSSR count). The molecule has 0 bridgehead atoms. The number of hydrogen-bond acceptors (Lipinski definition) is 2. The van der Waals surface area contributed by atoms with E-state index >= 15 is 0 Å². The third-order valence-corrected chi connectivity index (χ3v) is 2.21. The van der Waals surface area contributed by atoms with Crippen LogP contribution in [0, 0.1) is 0 Å². The predicted octanol–water partition coefficient (Wildman–Crippen LogP) is 0.808. The minimum atomic E-state index is 0.631. The highest BCUT2D eigenvalue weighted by molar-refractivity contribution is 4.83. The summed E-state index contributed by atoms with van der Waals surface area (Å²) in [6, 6.07) is 2.62. The molecule has 3 nitrogen and oxygen atoms in total. The van der Waals surface area contributed by atoms with E-state index < -0.39 is 0 Å². The van der Waals surface area contributed by atoms with Crippen LogP contribution in [0.25, 0.3) is 0 Å². The van der Waals surface area contributed by atoms with Gasteiger partial charge in [0.15, 0.2) is 0 Å². The van der Waals surface area contributed by atoms with Crippen molar-refractivity contribution in [3.8, 4) is 0 Å². The van der Waals surface area contributed by atoms with Gasteiger partial charge in [0.2, 0.25) is 0 Å². The Bertz CT molecular complexity index is 199. The first-order chi connectivity index (χ1) is 5.47. The summed E-state index contributed by atoms with van der Waals surface area (Å²) >= 11 is 0. The first-order valence-electron chi connectivity index (χ1n) is 4.16. The molecule has 1 aliphatic rings. The zero-order valence-corrected chi connectivity index (χ0v) is 6.53. The number of piperidine rings is 1. The van der Waals surface area contributed by atoms with Crippen LogP contribution in [0.2, 0.25) is 0 Å². The molecule has 0 unspecified atom stereocenters. The van der Waals surface area contributed by atoms with Crippen LogP contribution in [0.3, 0.4) is 0 Å². The van der Waals surface area contributed by atoms with Crippen molar-refractivity contribution in [1.82, 2.24) is 15.1 Å². The van der Waals surface area contributed by atoms with Gasteiger partial charge in [-0.05, 0) is 32.0 Å². The molecule has 0 aliphatic carbocycles. The number of hydrogen-bond donors (Lipinski definition) is 1. The molecule has 3 heteroatoms. The van der Waals surface area contributed by atoms with E-state index in [1.165, 1.54) is 12.8 Å². The first kappa shape index (κ1) is 6.85. The Labute approximate surface area is 66.4 Å². The smallest absolute Gasteiger partial charge is 0.0543 e. The summed E-state index contributed by atoms with van der Waals surface area (Å²) in [6.07, 6.45) is 6.32. The van der Waals surface area contributed by atoms with Crippen molar-refractivity contribution in [3.63, 3.8) is 0 Å². The molecular weight excluding hydrogens is 138 g/mol. The molecule has 0 radical (unpaired) electrons. The molecule has 0 saturated carbocycles. The van der Waals surface area contributed by atoms with Crippen LogP contribution in [0.15, 0.2) is 18.5 Å². The van der Waals surface area contributed by atoms with E-state index in [0.29, 0.717) is 6.04 Å². The Balaban J connectivity index is 2.04. The molecule has 0 spiro atoms. The second-order valence-electron chi connectivity index (χ2n) is 2.97. The maximum absolute atomic E-state index is 4.23. The molecule has 1 N–H and O–H groups in total. The lowest BCUT2D eigenvalue weighted by Crippen LogP contribution is -2.29. The molecule has 0 atom stereocenters. The molecule has 2 heterocycles. The molecule has 1 aromatic heterocycles. The first-order valence-corrected chi connectivity index (χ1v) is 4.16. The molecule has 1 aromatic rings. The van der Waals surface area contributed by atoms with E-state index in [4.69, 9.17) is 0 Å². The Morgan fingerprint density at radius 2 is 2.18 bits per heavy atom. The van der Waals surface area contributed by atoms with Crippen molar-refractivity contribution >= 4 is 0 Å². The number of nitrogens with one attached hydrogen (secondary N) is 1. The highest BCUT2D eigenvalue weighted by atomic mass is 15.3. The number of nitrogens with zero attached hydrogens (tertiary/aromatic N) is 2.